The van der Waals surface area contributed by atoms with Gasteiger partial charge in [0.25, 0.3) is 5.91 Å². The molecule has 29 heavy (non-hydrogen) atoms. The number of amides is 1. The van der Waals surface area contributed by atoms with Gasteiger partial charge in [-0.05, 0) is 63.2 Å². The standard InChI is InChI=1S/C22H23BrN2O4/c1-14-5-7-20(28-14)17(25-9-3-2-4-10-25)13-24-22(27)21-12-18(26)16-11-15(23)6-8-19(16)29-21/h5-8,11-12,17H,2-4,9-10,13H2,1H3,(H,24,27)/t17-/m1/s1. The zero-order valence-electron chi connectivity index (χ0n) is 16.2. The van der Waals surface area contributed by atoms with E-state index in [9.17, 15) is 9.59 Å². The number of piperidine rings is 1. The summed E-state index contributed by atoms with van der Waals surface area (Å²) in [6.07, 6.45) is 3.50. The molecule has 2 aromatic heterocycles. The second-order valence-corrected chi connectivity index (χ2v) is 8.30. The summed E-state index contributed by atoms with van der Waals surface area (Å²) < 4.78 is 12.3. The summed E-state index contributed by atoms with van der Waals surface area (Å²) in [5.41, 5.74) is 0.145. The SMILES string of the molecule is Cc1ccc([C@@H](CNC(=O)c2cc(=O)c3cc(Br)ccc3o2)N2CCCCC2)o1. The molecule has 0 bridgehead atoms. The van der Waals surface area contributed by atoms with Gasteiger partial charge in [-0.1, -0.05) is 22.4 Å². The van der Waals surface area contributed by atoms with Crippen LogP contribution in [0.15, 0.2) is 54.5 Å². The molecule has 1 aromatic carbocycles. The maximum Gasteiger partial charge on any atom is 0.287 e. The van der Waals surface area contributed by atoms with Crippen molar-refractivity contribution in [3.63, 3.8) is 0 Å². The lowest BCUT2D eigenvalue weighted by molar-refractivity contribution is 0.0887. The lowest BCUT2D eigenvalue weighted by Crippen LogP contribution is -2.40. The number of carbonyl (C=O) groups excluding carboxylic acids is 1. The van der Waals surface area contributed by atoms with Crippen molar-refractivity contribution in [2.45, 2.75) is 32.2 Å². The summed E-state index contributed by atoms with van der Waals surface area (Å²) in [4.78, 5) is 27.5. The zero-order valence-corrected chi connectivity index (χ0v) is 17.8. The molecule has 0 saturated carbocycles. The van der Waals surface area contributed by atoms with Crippen molar-refractivity contribution >= 4 is 32.8 Å². The molecule has 1 aliphatic heterocycles. The second kappa shape index (κ2) is 8.55. The Bertz CT molecular complexity index is 1080. The fourth-order valence-corrected chi connectivity index (χ4v) is 4.15. The number of fused-ring (bicyclic) bond motifs is 1. The molecule has 1 N–H and O–H groups in total. The van der Waals surface area contributed by atoms with E-state index < -0.39 is 5.91 Å². The van der Waals surface area contributed by atoms with E-state index >= 15 is 0 Å². The largest absolute Gasteiger partial charge is 0.465 e. The molecule has 7 heteroatoms. The topological polar surface area (TPSA) is 75.7 Å². The molecule has 0 aliphatic carbocycles. The van der Waals surface area contributed by atoms with Crippen molar-refractivity contribution < 1.29 is 13.6 Å². The number of benzene rings is 1. The fraction of sp³-hybridized carbons (Fsp3) is 0.364. The molecule has 6 nitrogen and oxygen atoms in total. The number of hydrogen-bond acceptors (Lipinski definition) is 5. The number of furan rings is 1. The third-order valence-electron chi connectivity index (χ3n) is 5.29. The predicted octanol–water partition coefficient (Wildman–Crippen LogP) is 4.41. The number of nitrogens with zero attached hydrogens (tertiary/aromatic N) is 1. The summed E-state index contributed by atoms with van der Waals surface area (Å²) in [5, 5.41) is 3.36. The van der Waals surface area contributed by atoms with Gasteiger partial charge in [0.1, 0.15) is 17.1 Å². The molecule has 3 heterocycles. The van der Waals surface area contributed by atoms with Crippen molar-refractivity contribution in [1.82, 2.24) is 10.2 Å². The summed E-state index contributed by atoms with van der Waals surface area (Å²) >= 11 is 3.34. The highest BCUT2D eigenvalue weighted by Crippen LogP contribution is 2.26. The van der Waals surface area contributed by atoms with E-state index in [0.717, 1.165) is 41.9 Å². The van der Waals surface area contributed by atoms with Crippen LogP contribution in [0.3, 0.4) is 0 Å². The molecule has 3 aromatic rings. The van der Waals surface area contributed by atoms with Crippen LogP contribution in [-0.2, 0) is 0 Å². The first-order valence-electron chi connectivity index (χ1n) is 9.83. The van der Waals surface area contributed by atoms with E-state index in [1.54, 1.807) is 18.2 Å². The van der Waals surface area contributed by atoms with Gasteiger partial charge in [0.05, 0.1) is 11.4 Å². The van der Waals surface area contributed by atoms with Crippen LogP contribution in [0.25, 0.3) is 11.0 Å². The summed E-state index contributed by atoms with van der Waals surface area (Å²) in [5.74, 6) is 1.30. The highest BCUT2D eigenvalue weighted by atomic mass is 79.9. The number of likely N-dealkylation sites (tertiary alicyclic amines) is 1. The molecule has 1 fully saturated rings. The highest BCUT2D eigenvalue weighted by Gasteiger charge is 2.26. The van der Waals surface area contributed by atoms with Crippen molar-refractivity contribution in [3.8, 4) is 0 Å². The molecule has 1 saturated heterocycles. The van der Waals surface area contributed by atoms with Crippen LogP contribution in [0.4, 0.5) is 0 Å². The first-order valence-corrected chi connectivity index (χ1v) is 10.6. The number of aryl methyl sites for hydroxylation is 1. The highest BCUT2D eigenvalue weighted by molar-refractivity contribution is 9.10. The smallest absolute Gasteiger partial charge is 0.287 e. The summed E-state index contributed by atoms with van der Waals surface area (Å²) in [6, 6.07) is 10.3. The minimum atomic E-state index is -0.405. The normalized spacial score (nSPS) is 16.1. The van der Waals surface area contributed by atoms with Gasteiger partial charge in [-0.2, -0.15) is 0 Å². The second-order valence-electron chi connectivity index (χ2n) is 7.39. The fourth-order valence-electron chi connectivity index (χ4n) is 3.79. The van der Waals surface area contributed by atoms with Gasteiger partial charge < -0.3 is 14.2 Å². The summed E-state index contributed by atoms with van der Waals surface area (Å²) in [7, 11) is 0. The minimum Gasteiger partial charge on any atom is -0.465 e. The third-order valence-corrected chi connectivity index (χ3v) is 5.78. The molecule has 4 rings (SSSR count). The van der Waals surface area contributed by atoms with Crippen molar-refractivity contribution in [2.75, 3.05) is 19.6 Å². The quantitative estimate of drug-likeness (QED) is 0.612. The van der Waals surface area contributed by atoms with Gasteiger partial charge >= 0.3 is 0 Å². The van der Waals surface area contributed by atoms with Crippen molar-refractivity contribution in [3.05, 3.63) is 68.4 Å². The molecule has 0 unspecified atom stereocenters. The van der Waals surface area contributed by atoms with E-state index in [1.165, 1.54) is 12.5 Å². The van der Waals surface area contributed by atoms with Gasteiger partial charge in [0.15, 0.2) is 11.2 Å². The van der Waals surface area contributed by atoms with Crippen molar-refractivity contribution in [2.24, 2.45) is 0 Å². The van der Waals surface area contributed by atoms with Crippen LogP contribution in [-0.4, -0.2) is 30.4 Å². The first-order chi connectivity index (χ1) is 14.0. The molecule has 0 radical (unpaired) electrons. The number of halogens is 1. The van der Waals surface area contributed by atoms with Crippen LogP contribution in [0, 0.1) is 6.92 Å². The molecular weight excluding hydrogens is 436 g/mol. The Balaban J connectivity index is 1.54. The molecule has 1 aliphatic rings. The summed E-state index contributed by atoms with van der Waals surface area (Å²) in [6.45, 7) is 4.24. The molecule has 152 valence electrons. The van der Waals surface area contributed by atoms with Gasteiger partial charge in [-0.15, -0.1) is 0 Å². The van der Waals surface area contributed by atoms with Gasteiger partial charge in [-0.25, -0.2) is 0 Å². The molecule has 1 amide bonds. The number of hydrogen-bond donors (Lipinski definition) is 1. The third kappa shape index (κ3) is 4.46. The molecular formula is C22H23BrN2O4. The number of nitrogens with one attached hydrogen (secondary N) is 1. The van der Waals surface area contributed by atoms with Crippen LogP contribution in [0.1, 0.15) is 47.4 Å². The van der Waals surface area contributed by atoms with E-state index in [4.69, 9.17) is 8.83 Å². The zero-order chi connectivity index (χ0) is 20.4. The average Bonchev–Trinajstić information content (AvgIpc) is 3.15. The van der Waals surface area contributed by atoms with Gasteiger partial charge in [0, 0.05) is 17.1 Å². The van der Waals surface area contributed by atoms with Crippen LogP contribution in [0.5, 0.6) is 0 Å². The maximum absolute atomic E-state index is 12.7. The van der Waals surface area contributed by atoms with E-state index in [0.29, 0.717) is 17.5 Å². The van der Waals surface area contributed by atoms with E-state index in [2.05, 4.69) is 26.1 Å². The minimum absolute atomic E-state index is 0.0119. The Hall–Kier alpha value is -2.38. The Labute approximate surface area is 177 Å². The lowest BCUT2D eigenvalue weighted by Gasteiger charge is -2.33. The Morgan fingerprint density at radius 1 is 1.14 bits per heavy atom. The van der Waals surface area contributed by atoms with Gasteiger partial charge in [0.2, 0.25) is 0 Å². The van der Waals surface area contributed by atoms with Gasteiger partial charge in [-0.3, -0.25) is 14.5 Å². The maximum atomic E-state index is 12.7. The Kier molecular flexibility index (Phi) is 5.87. The average molecular weight is 459 g/mol. The molecule has 1 atom stereocenters. The van der Waals surface area contributed by atoms with Crippen LogP contribution in [0.2, 0.25) is 0 Å². The monoisotopic (exact) mass is 458 g/mol. The van der Waals surface area contributed by atoms with Crippen LogP contribution < -0.4 is 10.7 Å². The Morgan fingerprint density at radius 2 is 1.93 bits per heavy atom. The lowest BCUT2D eigenvalue weighted by atomic mass is 10.1. The van der Waals surface area contributed by atoms with Crippen LogP contribution >= 0.6 is 15.9 Å². The number of rotatable bonds is 5. The van der Waals surface area contributed by atoms with E-state index in [-0.39, 0.29) is 17.2 Å². The first kappa shape index (κ1) is 19.9. The van der Waals surface area contributed by atoms with E-state index in [1.807, 2.05) is 19.1 Å². The molecule has 0 spiro atoms. The Morgan fingerprint density at radius 3 is 2.66 bits per heavy atom. The van der Waals surface area contributed by atoms with Crippen molar-refractivity contribution in [1.29, 1.82) is 0 Å². The predicted molar refractivity (Wildman–Crippen MR) is 114 cm³/mol. The number of carbonyl (C=O) groups is 1.